The minimum atomic E-state index is -0.329. The number of carbonyl (C=O) groups is 2. The van der Waals surface area contributed by atoms with Gasteiger partial charge in [-0.1, -0.05) is 30.3 Å². The van der Waals surface area contributed by atoms with Gasteiger partial charge in [-0.25, -0.2) is 0 Å². The number of ether oxygens (including phenoxy) is 4. The van der Waals surface area contributed by atoms with Crippen LogP contribution in [-0.4, -0.2) is 74.7 Å². The van der Waals surface area contributed by atoms with Gasteiger partial charge in [0.05, 0.1) is 26.3 Å². The van der Waals surface area contributed by atoms with E-state index in [1.807, 2.05) is 59.5 Å². The van der Waals surface area contributed by atoms with E-state index in [1.54, 1.807) is 7.11 Å². The molecule has 0 saturated heterocycles. The molecule has 41 heavy (non-hydrogen) atoms. The summed E-state index contributed by atoms with van der Waals surface area (Å²) in [5.74, 6) is 2.51. The van der Waals surface area contributed by atoms with Crippen LogP contribution in [0.1, 0.15) is 34.7 Å². The van der Waals surface area contributed by atoms with Crippen LogP contribution in [0.3, 0.4) is 0 Å². The third kappa shape index (κ3) is 5.95. The molecule has 0 aliphatic carbocycles. The van der Waals surface area contributed by atoms with Gasteiger partial charge in [-0.05, 0) is 59.9 Å². The maximum Gasteiger partial charge on any atom is 0.257 e. The third-order valence-corrected chi connectivity index (χ3v) is 7.81. The summed E-state index contributed by atoms with van der Waals surface area (Å²) >= 11 is 0. The summed E-state index contributed by atoms with van der Waals surface area (Å²) in [6.07, 6.45) is 1.32. The van der Waals surface area contributed by atoms with Crippen LogP contribution < -0.4 is 24.3 Å². The Kier molecular flexibility index (Phi) is 7.95. The summed E-state index contributed by atoms with van der Waals surface area (Å²) in [6.45, 7) is 3.54. The van der Waals surface area contributed by atoms with Crippen molar-refractivity contribution in [1.29, 1.82) is 0 Å². The number of methoxy groups -OCH3 is 1. The molecule has 4 aliphatic rings. The van der Waals surface area contributed by atoms with E-state index in [1.165, 1.54) is 0 Å². The topological polar surface area (TPSA) is 89.6 Å². The van der Waals surface area contributed by atoms with Gasteiger partial charge < -0.3 is 29.2 Å². The quantitative estimate of drug-likeness (QED) is 0.529. The Hall–Kier alpha value is -4.24. The molecule has 1 unspecified atom stereocenters. The van der Waals surface area contributed by atoms with Crippen LogP contribution in [0.25, 0.3) is 0 Å². The van der Waals surface area contributed by atoms with Gasteiger partial charge >= 0.3 is 0 Å². The smallest absolute Gasteiger partial charge is 0.257 e. The molecule has 4 heterocycles. The number of hydrogen-bond donors (Lipinski definition) is 1. The largest absolute Gasteiger partial charge is 0.494 e. The Morgan fingerprint density at radius 3 is 2.78 bits per heavy atom. The number of hydrogen-bond acceptors (Lipinski definition) is 7. The lowest BCUT2D eigenvalue weighted by atomic mass is 9.87. The Bertz CT molecular complexity index is 1430. The second-order valence-corrected chi connectivity index (χ2v) is 10.5. The fourth-order valence-corrected chi connectivity index (χ4v) is 5.78. The third-order valence-electron chi connectivity index (χ3n) is 7.81. The molecule has 0 spiro atoms. The lowest BCUT2D eigenvalue weighted by Crippen LogP contribution is -2.46. The number of amides is 2. The number of rotatable bonds is 3. The van der Waals surface area contributed by atoms with Gasteiger partial charge in [-0.3, -0.25) is 14.5 Å². The molecule has 9 nitrogen and oxygen atoms in total. The summed E-state index contributed by atoms with van der Waals surface area (Å²) in [6, 6.07) is 19.5. The van der Waals surface area contributed by atoms with E-state index in [9.17, 15) is 9.59 Å². The fraction of sp³-hybridized carbons (Fsp3) is 0.375. The summed E-state index contributed by atoms with van der Waals surface area (Å²) in [7, 11) is 1.58. The monoisotopic (exact) mass is 557 g/mol. The van der Waals surface area contributed by atoms with E-state index in [4.69, 9.17) is 18.9 Å². The van der Waals surface area contributed by atoms with Crippen molar-refractivity contribution >= 4 is 11.8 Å². The Labute approximate surface area is 239 Å². The highest BCUT2D eigenvalue weighted by atomic mass is 16.5. The second-order valence-electron chi connectivity index (χ2n) is 10.5. The Morgan fingerprint density at radius 1 is 0.976 bits per heavy atom. The van der Waals surface area contributed by atoms with Crippen LogP contribution in [0.4, 0.5) is 0 Å². The van der Waals surface area contributed by atoms with Gasteiger partial charge in [0.1, 0.15) is 18.1 Å². The molecular formula is C32H35N3O6. The number of para-hydroxylation sites is 1. The first-order valence-electron chi connectivity index (χ1n) is 14.1. The maximum atomic E-state index is 14.1. The first-order valence-corrected chi connectivity index (χ1v) is 14.1. The molecule has 7 rings (SSSR count). The van der Waals surface area contributed by atoms with Crippen molar-refractivity contribution in [2.24, 2.45) is 0 Å². The molecule has 0 aromatic heterocycles. The molecule has 2 amide bonds. The standard InChI is InChI=1S/C32H35N3O6/c1-38-28-18-26-22-10-12-35(31(37)20-34-13-15-40-27-9-3-2-6-24(27)19-34)32(26)23-7-4-8-25(16-23)39-14-5-11-33-30(36)21-41-29(28)17-22/h2-4,6-9,16-18,32H,5,10-15,19-21H2,1H3,(H,33,36). The molecule has 6 bridgehead atoms. The van der Waals surface area contributed by atoms with Crippen molar-refractivity contribution < 1.29 is 28.5 Å². The molecule has 9 heteroatoms. The number of nitrogens with one attached hydrogen (secondary N) is 1. The van der Waals surface area contributed by atoms with E-state index >= 15 is 0 Å². The van der Waals surface area contributed by atoms with Gasteiger partial charge in [0.15, 0.2) is 18.1 Å². The van der Waals surface area contributed by atoms with Crippen molar-refractivity contribution in [3.8, 4) is 23.0 Å². The lowest BCUT2D eigenvalue weighted by Gasteiger charge is -2.39. The van der Waals surface area contributed by atoms with E-state index in [-0.39, 0.29) is 31.0 Å². The highest BCUT2D eigenvalue weighted by Crippen LogP contribution is 2.42. The van der Waals surface area contributed by atoms with Crippen molar-refractivity contribution in [3.63, 3.8) is 0 Å². The van der Waals surface area contributed by atoms with Crippen LogP contribution >= 0.6 is 0 Å². The molecule has 1 atom stereocenters. The summed E-state index contributed by atoms with van der Waals surface area (Å²) in [4.78, 5) is 30.5. The van der Waals surface area contributed by atoms with Crippen molar-refractivity contribution in [1.82, 2.24) is 15.1 Å². The zero-order valence-electron chi connectivity index (χ0n) is 23.3. The molecule has 214 valence electrons. The number of fused-ring (bicyclic) bond motifs is 9. The molecule has 3 aromatic rings. The molecule has 0 radical (unpaired) electrons. The molecular weight excluding hydrogens is 522 g/mol. The first kappa shape index (κ1) is 27.0. The molecule has 4 aliphatic heterocycles. The predicted octanol–water partition coefficient (Wildman–Crippen LogP) is 3.34. The van der Waals surface area contributed by atoms with Crippen LogP contribution in [-0.2, 0) is 22.6 Å². The van der Waals surface area contributed by atoms with Gasteiger partial charge in [0.2, 0.25) is 5.91 Å². The van der Waals surface area contributed by atoms with Crippen LogP contribution in [0, 0.1) is 0 Å². The van der Waals surface area contributed by atoms with Gasteiger partial charge in [-0.15, -0.1) is 0 Å². The summed E-state index contributed by atoms with van der Waals surface area (Å²) in [5, 5.41) is 2.87. The van der Waals surface area contributed by atoms with E-state index in [0.717, 1.165) is 33.8 Å². The normalized spacial score (nSPS) is 19.1. The molecule has 0 saturated carbocycles. The van der Waals surface area contributed by atoms with E-state index < -0.39 is 0 Å². The lowest BCUT2D eigenvalue weighted by molar-refractivity contribution is -0.134. The number of carbonyl (C=O) groups excluding carboxylic acids is 2. The second kappa shape index (κ2) is 12.1. The van der Waals surface area contributed by atoms with Gasteiger partial charge in [0, 0.05) is 31.7 Å². The number of nitrogens with zero attached hydrogens (tertiary/aromatic N) is 2. The Morgan fingerprint density at radius 2 is 1.88 bits per heavy atom. The van der Waals surface area contributed by atoms with Crippen LogP contribution in [0.2, 0.25) is 0 Å². The predicted molar refractivity (Wildman–Crippen MR) is 153 cm³/mol. The molecule has 0 fully saturated rings. The molecule has 3 aromatic carbocycles. The van der Waals surface area contributed by atoms with Crippen LogP contribution in [0.5, 0.6) is 23.0 Å². The summed E-state index contributed by atoms with van der Waals surface area (Å²) < 4.78 is 23.6. The average Bonchev–Trinajstić information content (AvgIpc) is 3.20. The van der Waals surface area contributed by atoms with Gasteiger partial charge in [0.25, 0.3) is 5.91 Å². The molecule has 1 N–H and O–H groups in total. The Balaban J connectivity index is 1.35. The maximum absolute atomic E-state index is 14.1. The van der Waals surface area contributed by atoms with E-state index in [0.29, 0.717) is 63.7 Å². The van der Waals surface area contributed by atoms with Crippen molar-refractivity contribution in [2.45, 2.75) is 25.4 Å². The SMILES string of the molecule is COc1cc2c3cc1OCC(=O)NCCCOc1cccc(c1)C2N(C(=O)CN1CCOc2ccccc2C1)CC3. The minimum Gasteiger partial charge on any atom is -0.494 e. The van der Waals surface area contributed by atoms with Crippen molar-refractivity contribution in [2.75, 3.05) is 53.1 Å². The van der Waals surface area contributed by atoms with Crippen molar-refractivity contribution in [3.05, 3.63) is 82.9 Å². The average molecular weight is 558 g/mol. The highest BCUT2D eigenvalue weighted by molar-refractivity contribution is 5.80. The first-order chi connectivity index (χ1) is 20.1. The van der Waals surface area contributed by atoms with E-state index in [2.05, 4.69) is 16.3 Å². The minimum absolute atomic E-state index is 0.0525. The highest BCUT2D eigenvalue weighted by Gasteiger charge is 2.34. The zero-order valence-corrected chi connectivity index (χ0v) is 23.3. The van der Waals surface area contributed by atoms with Gasteiger partial charge in [-0.2, -0.15) is 0 Å². The number of benzene rings is 3. The zero-order chi connectivity index (χ0) is 28.2. The van der Waals surface area contributed by atoms with Crippen LogP contribution in [0.15, 0.2) is 60.7 Å². The summed E-state index contributed by atoms with van der Waals surface area (Å²) in [5.41, 5.74) is 4.09. The fourth-order valence-electron chi connectivity index (χ4n) is 5.78.